The van der Waals surface area contributed by atoms with Crippen molar-refractivity contribution in [3.8, 4) is 0 Å². The third-order valence-corrected chi connectivity index (χ3v) is 5.09. The Balaban J connectivity index is 1.58. The highest BCUT2D eigenvalue weighted by Gasteiger charge is 2.27. The maximum atomic E-state index is 12.7. The minimum absolute atomic E-state index is 0.231. The van der Waals surface area contributed by atoms with E-state index in [0.717, 1.165) is 31.9 Å². The molecule has 1 fully saturated rings. The highest BCUT2D eigenvalue weighted by Crippen LogP contribution is 2.23. The van der Waals surface area contributed by atoms with Gasteiger partial charge in [-0.15, -0.1) is 0 Å². The minimum Gasteiger partial charge on any atom is -0.367 e. The van der Waals surface area contributed by atoms with Crippen LogP contribution in [0.25, 0.3) is 0 Å². The maximum Gasteiger partial charge on any atom is 0.224 e. The molecule has 2 heterocycles. The molecule has 2 aromatic rings. The van der Waals surface area contributed by atoms with E-state index in [4.69, 9.17) is 0 Å². The summed E-state index contributed by atoms with van der Waals surface area (Å²) in [6, 6.07) is 8.71. The first kappa shape index (κ1) is 17.5. The van der Waals surface area contributed by atoms with E-state index in [0.29, 0.717) is 13.0 Å². The number of imidazole rings is 1. The SMILES string of the molecule is CCc1nccn1CCC(=O)N1CCN(c2ccccc2C)C[C@@H]1C. The van der Waals surface area contributed by atoms with Crippen molar-refractivity contribution in [3.63, 3.8) is 0 Å². The van der Waals surface area contributed by atoms with Crippen molar-refractivity contribution in [2.45, 2.75) is 46.2 Å². The van der Waals surface area contributed by atoms with Gasteiger partial charge in [0.1, 0.15) is 5.82 Å². The van der Waals surface area contributed by atoms with Crippen LogP contribution >= 0.6 is 0 Å². The van der Waals surface area contributed by atoms with Crippen molar-refractivity contribution in [3.05, 3.63) is 48.0 Å². The number of benzene rings is 1. The fraction of sp³-hybridized carbons (Fsp3) is 0.500. The van der Waals surface area contributed by atoms with Gasteiger partial charge in [-0.1, -0.05) is 25.1 Å². The van der Waals surface area contributed by atoms with Crippen molar-refractivity contribution in [1.82, 2.24) is 14.5 Å². The lowest BCUT2D eigenvalue weighted by atomic mass is 10.1. The van der Waals surface area contributed by atoms with Gasteiger partial charge in [0.15, 0.2) is 0 Å². The van der Waals surface area contributed by atoms with Gasteiger partial charge in [-0.05, 0) is 25.5 Å². The molecule has 1 atom stereocenters. The molecule has 0 unspecified atom stereocenters. The molecule has 0 saturated carbocycles. The van der Waals surface area contributed by atoms with E-state index in [1.165, 1.54) is 11.3 Å². The minimum atomic E-state index is 0.231. The molecule has 134 valence electrons. The van der Waals surface area contributed by atoms with E-state index in [1.54, 1.807) is 0 Å². The molecule has 0 bridgehead atoms. The predicted molar refractivity (Wildman–Crippen MR) is 101 cm³/mol. The third-order valence-electron chi connectivity index (χ3n) is 5.09. The van der Waals surface area contributed by atoms with E-state index >= 15 is 0 Å². The largest absolute Gasteiger partial charge is 0.367 e. The second-order valence-electron chi connectivity index (χ2n) is 6.81. The van der Waals surface area contributed by atoms with Crippen LogP contribution in [-0.2, 0) is 17.8 Å². The van der Waals surface area contributed by atoms with E-state index in [1.807, 2.05) is 17.3 Å². The Morgan fingerprint density at radius 1 is 1.28 bits per heavy atom. The highest BCUT2D eigenvalue weighted by atomic mass is 16.2. The van der Waals surface area contributed by atoms with Gasteiger partial charge in [0.25, 0.3) is 0 Å². The molecule has 0 aliphatic carbocycles. The molecule has 0 radical (unpaired) electrons. The van der Waals surface area contributed by atoms with Crippen LogP contribution in [0.4, 0.5) is 5.69 Å². The quantitative estimate of drug-likeness (QED) is 0.840. The number of piperazine rings is 1. The first-order valence-electron chi connectivity index (χ1n) is 9.20. The number of hydrogen-bond acceptors (Lipinski definition) is 3. The zero-order valence-electron chi connectivity index (χ0n) is 15.5. The molecular formula is C20H28N4O. The Kier molecular flexibility index (Phi) is 5.41. The summed E-state index contributed by atoms with van der Waals surface area (Å²) >= 11 is 0. The van der Waals surface area contributed by atoms with Crippen molar-refractivity contribution in [2.24, 2.45) is 0 Å². The van der Waals surface area contributed by atoms with Crippen LogP contribution in [0.1, 0.15) is 31.7 Å². The number of amides is 1. The van der Waals surface area contributed by atoms with E-state index in [9.17, 15) is 4.79 Å². The lowest BCUT2D eigenvalue weighted by molar-refractivity contribution is -0.133. The van der Waals surface area contributed by atoms with Gasteiger partial charge in [-0.25, -0.2) is 4.98 Å². The van der Waals surface area contributed by atoms with Crippen LogP contribution in [-0.4, -0.2) is 46.0 Å². The van der Waals surface area contributed by atoms with E-state index < -0.39 is 0 Å². The second kappa shape index (κ2) is 7.72. The Hall–Kier alpha value is -2.30. The van der Waals surface area contributed by atoms with E-state index in [-0.39, 0.29) is 11.9 Å². The second-order valence-corrected chi connectivity index (χ2v) is 6.81. The fourth-order valence-electron chi connectivity index (χ4n) is 3.68. The molecule has 1 aliphatic rings. The van der Waals surface area contributed by atoms with Gasteiger partial charge >= 0.3 is 0 Å². The summed E-state index contributed by atoms with van der Waals surface area (Å²) in [7, 11) is 0. The van der Waals surface area contributed by atoms with Crippen LogP contribution in [0.15, 0.2) is 36.7 Å². The summed E-state index contributed by atoms with van der Waals surface area (Å²) < 4.78 is 2.09. The van der Waals surface area contributed by atoms with Crippen LogP contribution in [0.2, 0.25) is 0 Å². The molecular weight excluding hydrogens is 312 g/mol. The number of anilines is 1. The van der Waals surface area contributed by atoms with Crippen LogP contribution in [0.3, 0.4) is 0 Å². The first-order valence-corrected chi connectivity index (χ1v) is 9.20. The van der Waals surface area contributed by atoms with Crippen LogP contribution in [0.5, 0.6) is 0 Å². The average molecular weight is 340 g/mol. The molecule has 5 nitrogen and oxygen atoms in total. The summed E-state index contributed by atoms with van der Waals surface area (Å²) in [5.41, 5.74) is 2.58. The number of rotatable bonds is 5. The van der Waals surface area contributed by atoms with E-state index in [2.05, 4.69) is 59.5 Å². The number of aryl methyl sites for hydroxylation is 3. The number of carbonyl (C=O) groups excluding carboxylic acids is 1. The summed E-state index contributed by atoms with van der Waals surface area (Å²) in [6.07, 6.45) is 5.21. The molecule has 1 aromatic heterocycles. The normalized spacial score (nSPS) is 17.8. The van der Waals surface area contributed by atoms with Gasteiger partial charge in [-0.2, -0.15) is 0 Å². The van der Waals surface area contributed by atoms with Crippen molar-refractivity contribution in [2.75, 3.05) is 24.5 Å². The Morgan fingerprint density at radius 2 is 2.08 bits per heavy atom. The lowest BCUT2D eigenvalue weighted by Gasteiger charge is -2.41. The molecule has 1 amide bonds. The maximum absolute atomic E-state index is 12.7. The fourth-order valence-corrected chi connectivity index (χ4v) is 3.68. The number of hydrogen-bond donors (Lipinski definition) is 0. The Bertz CT molecular complexity index is 724. The average Bonchev–Trinajstić information content (AvgIpc) is 3.07. The van der Waals surface area contributed by atoms with Crippen LogP contribution in [0, 0.1) is 6.92 Å². The first-order chi connectivity index (χ1) is 12.1. The van der Waals surface area contributed by atoms with Crippen molar-refractivity contribution < 1.29 is 4.79 Å². The molecule has 1 aliphatic heterocycles. The zero-order chi connectivity index (χ0) is 17.8. The summed E-state index contributed by atoms with van der Waals surface area (Å²) in [5.74, 6) is 1.29. The summed E-state index contributed by atoms with van der Waals surface area (Å²) in [6.45, 7) is 9.68. The van der Waals surface area contributed by atoms with Gasteiger partial charge in [0.05, 0.1) is 0 Å². The monoisotopic (exact) mass is 340 g/mol. The molecule has 1 aromatic carbocycles. The Labute approximate surface area is 150 Å². The predicted octanol–water partition coefficient (Wildman–Crippen LogP) is 2.88. The Morgan fingerprint density at radius 3 is 2.80 bits per heavy atom. The summed E-state index contributed by atoms with van der Waals surface area (Å²) in [5, 5.41) is 0. The third kappa shape index (κ3) is 3.86. The highest BCUT2D eigenvalue weighted by molar-refractivity contribution is 5.77. The van der Waals surface area contributed by atoms with Gasteiger partial charge in [0.2, 0.25) is 5.91 Å². The van der Waals surface area contributed by atoms with Crippen LogP contribution < -0.4 is 4.90 Å². The smallest absolute Gasteiger partial charge is 0.224 e. The van der Waals surface area contributed by atoms with Crippen molar-refractivity contribution in [1.29, 1.82) is 0 Å². The number of nitrogens with zero attached hydrogens (tertiary/aromatic N) is 4. The number of para-hydroxylation sites is 1. The van der Waals surface area contributed by atoms with Gasteiger partial charge in [-0.3, -0.25) is 4.79 Å². The molecule has 25 heavy (non-hydrogen) atoms. The molecule has 3 rings (SSSR count). The molecule has 1 saturated heterocycles. The molecule has 0 spiro atoms. The lowest BCUT2D eigenvalue weighted by Crippen LogP contribution is -2.54. The van der Waals surface area contributed by atoms with Crippen molar-refractivity contribution >= 4 is 11.6 Å². The summed E-state index contributed by atoms with van der Waals surface area (Å²) in [4.78, 5) is 21.4. The standard InChI is InChI=1S/C20H28N4O/c1-4-19-21-10-12-22(19)11-9-20(25)24-14-13-23(15-17(24)3)18-8-6-5-7-16(18)2/h5-8,10,12,17H,4,9,11,13-15H2,1-3H3/t17-/m0/s1. The van der Waals surface area contributed by atoms with Gasteiger partial charge in [0, 0.05) is 63.1 Å². The molecule has 5 heteroatoms. The zero-order valence-corrected chi connectivity index (χ0v) is 15.5. The molecule has 0 N–H and O–H groups in total. The van der Waals surface area contributed by atoms with Gasteiger partial charge < -0.3 is 14.4 Å². The number of carbonyl (C=O) groups is 1. The number of aromatic nitrogens is 2. The topological polar surface area (TPSA) is 41.4 Å².